The van der Waals surface area contributed by atoms with E-state index >= 15 is 0 Å². The van der Waals surface area contributed by atoms with Gasteiger partial charge in [0.15, 0.2) is 0 Å². The molecule has 0 spiro atoms. The third-order valence-corrected chi connectivity index (χ3v) is 5.89. The first kappa shape index (κ1) is 21.0. The predicted molar refractivity (Wildman–Crippen MR) is 119 cm³/mol. The monoisotopic (exact) mass is 420 g/mol. The molecule has 162 valence electrons. The van der Waals surface area contributed by atoms with Crippen LogP contribution in [0.5, 0.6) is 5.75 Å². The number of benzene rings is 1. The Hall–Kier alpha value is -3.21. The van der Waals surface area contributed by atoms with Gasteiger partial charge < -0.3 is 20.0 Å². The van der Waals surface area contributed by atoms with Crippen molar-refractivity contribution in [3.05, 3.63) is 24.0 Å². The van der Waals surface area contributed by atoms with E-state index in [2.05, 4.69) is 25.9 Å². The first-order valence-corrected chi connectivity index (χ1v) is 10.7. The average Bonchev–Trinajstić information content (AvgIpc) is 3.33. The lowest BCUT2D eigenvalue weighted by Crippen LogP contribution is -2.26. The largest absolute Gasteiger partial charge is 0.488 e. The second kappa shape index (κ2) is 8.14. The molecule has 8 nitrogen and oxygen atoms in total. The zero-order chi connectivity index (χ0) is 22.2. The highest BCUT2D eigenvalue weighted by atomic mass is 16.5. The molecule has 2 fully saturated rings. The maximum Gasteiger partial charge on any atom is 0.220 e. The van der Waals surface area contributed by atoms with Gasteiger partial charge in [0.2, 0.25) is 5.91 Å². The van der Waals surface area contributed by atoms with E-state index in [1.807, 2.05) is 25.4 Å². The number of ether oxygens (including phenoxy) is 1. The molecule has 1 saturated heterocycles. The molecule has 2 aliphatic rings. The molecule has 1 aromatic carbocycles. The average molecular weight is 421 g/mol. The number of imidazole rings is 1. The van der Waals surface area contributed by atoms with Gasteiger partial charge in [0.1, 0.15) is 22.9 Å². The molecule has 31 heavy (non-hydrogen) atoms. The van der Waals surface area contributed by atoms with Gasteiger partial charge in [-0.25, -0.2) is 4.98 Å². The second-order valence-corrected chi connectivity index (χ2v) is 8.98. The molecule has 1 aliphatic heterocycles. The van der Waals surface area contributed by atoms with Crippen LogP contribution in [0, 0.1) is 22.7 Å². The number of aliphatic imine (C=N–C) groups is 1. The Morgan fingerprint density at radius 1 is 1.52 bits per heavy atom. The van der Waals surface area contributed by atoms with E-state index in [9.17, 15) is 4.79 Å². The lowest BCUT2D eigenvalue weighted by atomic mass is 10.0. The Balaban J connectivity index is 1.62. The number of nitriles is 1. The number of amides is 1. The van der Waals surface area contributed by atoms with E-state index in [0.29, 0.717) is 36.9 Å². The van der Waals surface area contributed by atoms with Crippen LogP contribution in [0.3, 0.4) is 0 Å². The Labute approximate surface area is 181 Å². The van der Waals surface area contributed by atoms with Crippen molar-refractivity contribution in [3.8, 4) is 11.8 Å². The maximum absolute atomic E-state index is 11.6. The van der Waals surface area contributed by atoms with Crippen LogP contribution in [0.15, 0.2) is 23.5 Å². The summed E-state index contributed by atoms with van der Waals surface area (Å²) in [4.78, 5) is 20.5. The number of nitrogens with one attached hydrogen (secondary N) is 2. The first-order chi connectivity index (χ1) is 14.8. The number of nitrogens with zero attached hydrogens (tertiary/aromatic N) is 4. The molecule has 2 atom stereocenters. The fourth-order valence-corrected chi connectivity index (χ4v) is 3.79. The molecule has 2 heterocycles. The van der Waals surface area contributed by atoms with Crippen LogP contribution >= 0.6 is 0 Å². The molecule has 1 amide bonds. The third-order valence-electron chi connectivity index (χ3n) is 5.89. The standard InChI is InChI=1S/C23H28N6O2/c1-14(16-10-21(30)26-11-16)31-20-9-15(18(25)6-7-28-23(2,3)12-24)8-19-22(20)29(13-27-19)17-4-5-17/h7-9,13-14,16-17,25H,4-6,10-11H2,1-3H3,(H,26,30). The van der Waals surface area contributed by atoms with Crippen LogP contribution in [-0.4, -0.2) is 45.6 Å². The maximum atomic E-state index is 11.6. The molecule has 1 aliphatic carbocycles. The summed E-state index contributed by atoms with van der Waals surface area (Å²) in [6.45, 7) is 6.08. The van der Waals surface area contributed by atoms with E-state index < -0.39 is 5.54 Å². The summed E-state index contributed by atoms with van der Waals surface area (Å²) < 4.78 is 8.54. The van der Waals surface area contributed by atoms with Gasteiger partial charge in [-0.2, -0.15) is 5.26 Å². The van der Waals surface area contributed by atoms with Crippen LogP contribution in [0.1, 0.15) is 58.1 Å². The second-order valence-electron chi connectivity index (χ2n) is 8.98. The minimum Gasteiger partial charge on any atom is -0.488 e. The predicted octanol–water partition coefficient (Wildman–Crippen LogP) is 3.41. The van der Waals surface area contributed by atoms with Crippen molar-refractivity contribution < 1.29 is 9.53 Å². The molecule has 0 radical (unpaired) electrons. The number of aromatic nitrogens is 2. The smallest absolute Gasteiger partial charge is 0.220 e. The van der Waals surface area contributed by atoms with Crippen molar-refractivity contribution >= 4 is 28.9 Å². The molecule has 8 heteroatoms. The minimum atomic E-state index is -0.802. The highest BCUT2D eigenvalue weighted by Gasteiger charge is 2.30. The van der Waals surface area contributed by atoms with Crippen LogP contribution in [-0.2, 0) is 4.79 Å². The minimum absolute atomic E-state index is 0.0590. The summed E-state index contributed by atoms with van der Waals surface area (Å²) in [7, 11) is 0. The van der Waals surface area contributed by atoms with Crippen molar-refractivity contribution in [3.63, 3.8) is 0 Å². The van der Waals surface area contributed by atoms with Crippen molar-refractivity contribution in [1.82, 2.24) is 14.9 Å². The van der Waals surface area contributed by atoms with Gasteiger partial charge in [-0.1, -0.05) is 0 Å². The molecule has 2 unspecified atom stereocenters. The molecular weight excluding hydrogens is 392 g/mol. The van der Waals surface area contributed by atoms with Gasteiger partial charge in [-0.3, -0.25) is 9.79 Å². The summed E-state index contributed by atoms with van der Waals surface area (Å²) in [5.41, 5.74) is 2.05. The molecule has 2 aromatic rings. The van der Waals surface area contributed by atoms with E-state index in [4.69, 9.17) is 15.4 Å². The van der Waals surface area contributed by atoms with E-state index in [-0.39, 0.29) is 17.9 Å². The number of fused-ring (bicyclic) bond motifs is 1. The Bertz CT molecular complexity index is 1090. The summed E-state index contributed by atoms with van der Waals surface area (Å²) in [5.74, 6) is 0.870. The third kappa shape index (κ3) is 4.61. The zero-order valence-electron chi connectivity index (χ0n) is 18.2. The van der Waals surface area contributed by atoms with Gasteiger partial charge in [-0.15, -0.1) is 0 Å². The fraction of sp³-hybridized carbons (Fsp3) is 0.522. The molecule has 2 N–H and O–H groups in total. The number of carbonyl (C=O) groups is 1. The summed E-state index contributed by atoms with van der Waals surface area (Å²) in [6, 6.07) is 6.39. The van der Waals surface area contributed by atoms with Crippen molar-refractivity contribution in [1.29, 1.82) is 10.7 Å². The van der Waals surface area contributed by atoms with Gasteiger partial charge in [0.25, 0.3) is 0 Å². The van der Waals surface area contributed by atoms with Crippen molar-refractivity contribution in [2.75, 3.05) is 6.54 Å². The zero-order valence-corrected chi connectivity index (χ0v) is 18.2. The Morgan fingerprint density at radius 2 is 2.29 bits per heavy atom. The highest BCUT2D eigenvalue weighted by molar-refractivity contribution is 6.07. The normalized spacial score (nSPS) is 20.1. The topological polar surface area (TPSA) is 116 Å². The lowest BCUT2D eigenvalue weighted by molar-refractivity contribution is -0.119. The van der Waals surface area contributed by atoms with Crippen molar-refractivity contribution in [2.45, 2.75) is 64.1 Å². The quantitative estimate of drug-likeness (QED) is 0.637. The summed E-state index contributed by atoms with van der Waals surface area (Å²) in [5, 5.41) is 20.5. The lowest BCUT2D eigenvalue weighted by Gasteiger charge is -2.21. The fourth-order valence-electron chi connectivity index (χ4n) is 3.79. The summed E-state index contributed by atoms with van der Waals surface area (Å²) in [6.07, 6.45) is 6.37. The Kier molecular flexibility index (Phi) is 5.52. The number of hydrogen-bond donors (Lipinski definition) is 2. The Morgan fingerprint density at radius 3 is 2.94 bits per heavy atom. The van der Waals surface area contributed by atoms with Crippen molar-refractivity contribution in [2.24, 2.45) is 10.9 Å². The van der Waals surface area contributed by atoms with Gasteiger partial charge in [0, 0.05) is 48.8 Å². The van der Waals surface area contributed by atoms with E-state index in [0.717, 1.165) is 29.4 Å². The number of carbonyl (C=O) groups excluding carboxylic acids is 1. The molecule has 4 rings (SSSR count). The first-order valence-electron chi connectivity index (χ1n) is 10.7. The van der Waals surface area contributed by atoms with Crippen LogP contribution < -0.4 is 10.1 Å². The molecule has 1 saturated carbocycles. The van der Waals surface area contributed by atoms with E-state index in [1.54, 1.807) is 20.1 Å². The van der Waals surface area contributed by atoms with Crippen LogP contribution in [0.2, 0.25) is 0 Å². The highest BCUT2D eigenvalue weighted by Crippen LogP contribution is 2.40. The van der Waals surface area contributed by atoms with E-state index in [1.165, 1.54) is 0 Å². The molecule has 0 bridgehead atoms. The van der Waals surface area contributed by atoms with Gasteiger partial charge in [-0.05, 0) is 45.7 Å². The number of rotatable bonds is 8. The van der Waals surface area contributed by atoms with Crippen LogP contribution in [0.4, 0.5) is 0 Å². The van der Waals surface area contributed by atoms with Crippen LogP contribution in [0.25, 0.3) is 11.0 Å². The van der Waals surface area contributed by atoms with Gasteiger partial charge in [0.05, 0.1) is 17.9 Å². The SMILES string of the molecule is CC(Oc1cc(C(=N)CC=NC(C)(C)C#N)cc2ncn(C3CC3)c12)C1CNC(=O)C1. The molecule has 1 aromatic heterocycles. The molecular formula is C23H28N6O2. The number of hydrogen-bond acceptors (Lipinski definition) is 6. The summed E-state index contributed by atoms with van der Waals surface area (Å²) >= 11 is 0. The van der Waals surface area contributed by atoms with Gasteiger partial charge >= 0.3 is 0 Å².